The maximum Gasteiger partial charge on any atom is 0.416 e. The summed E-state index contributed by atoms with van der Waals surface area (Å²) in [6.07, 6.45) is -4.38. The van der Waals surface area contributed by atoms with Gasteiger partial charge in [0.05, 0.1) is 11.3 Å². The lowest BCUT2D eigenvalue weighted by molar-refractivity contribution is -0.137. The molecule has 4 nitrogen and oxygen atoms in total. The molecule has 0 spiro atoms. The molecule has 112 valence electrons. The smallest absolute Gasteiger partial charge is 0.306 e. The normalized spacial score (nSPS) is 11.5. The second kappa shape index (κ2) is 5.65. The number of alkyl halides is 3. The van der Waals surface area contributed by atoms with E-state index in [4.69, 9.17) is 5.84 Å². The van der Waals surface area contributed by atoms with Gasteiger partial charge < -0.3 is 5.43 Å². The highest BCUT2D eigenvalue weighted by atomic mass is 19.4. The maximum absolute atomic E-state index is 13.5. The first kappa shape index (κ1) is 15.2. The molecule has 1 aromatic carbocycles. The van der Waals surface area contributed by atoms with Crippen molar-refractivity contribution in [2.45, 2.75) is 19.5 Å². The number of nitrogens with one attached hydrogen (secondary N) is 1. The largest absolute Gasteiger partial charge is 0.416 e. The predicted molar refractivity (Wildman–Crippen MR) is 68.8 cm³/mol. The zero-order valence-corrected chi connectivity index (χ0v) is 11.0. The van der Waals surface area contributed by atoms with Crippen molar-refractivity contribution in [3.8, 4) is 0 Å². The van der Waals surface area contributed by atoms with Crippen molar-refractivity contribution < 1.29 is 17.6 Å². The van der Waals surface area contributed by atoms with Gasteiger partial charge >= 0.3 is 6.18 Å². The Morgan fingerprint density at radius 3 is 2.57 bits per heavy atom. The predicted octanol–water partition coefficient (Wildman–Crippen LogP) is 2.82. The third kappa shape index (κ3) is 3.46. The van der Waals surface area contributed by atoms with Gasteiger partial charge in [-0.2, -0.15) is 13.2 Å². The van der Waals surface area contributed by atoms with Crippen LogP contribution >= 0.6 is 0 Å². The molecule has 0 fully saturated rings. The van der Waals surface area contributed by atoms with Gasteiger partial charge in [-0.3, -0.25) is 0 Å². The van der Waals surface area contributed by atoms with Gasteiger partial charge in [0.25, 0.3) is 0 Å². The van der Waals surface area contributed by atoms with E-state index < -0.39 is 17.6 Å². The average Bonchev–Trinajstić information content (AvgIpc) is 2.42. The number of nitrogens with zero attached hydrogens (tertiary/aromatic N) is 2. The summed E-state index contributed by atoms with van der Waals surface area (Å²) in [5.74, 6) is 4.44. The van der Waals surface area contributed by atoms with Crippen molar-refractivity contribution in [3.05, 3.63) is 52.7 Å². The monoisotopic (exact) mass is 300 g/mol. The second-order valence-corrected chi connectivity index (χ2v) is 4.41. The highest BCUT2D eigenvalue weighted by molar-refractivity contribution is 5.37. The van der Waals surface area contributed by atoms with E-state index in [0.29, 0.717) is 5.56 Å². The fourth-order valence-corrected chi connectivity index (χ4v) is 1.83. The fraction of sp³-hybridized carbons (Fsp3) is 0.231. The van der Waals surface area contributed by atoms with Crippen molar-refractivity contribution in [2.24, 2.45) is 5.84 Å². The molecule has 0 aliphatic heterocycles. The number of anilines is 1. The Morgan fingerprint density at radius 2 is 1.95 bits per heavy atom. The summed E-state index contributed by atoms with van der Waals surface area (Å²) < 4.78 is 51.4. The highest BCUT2D eigenvalue weighted by Crippen LogP contribution is 2.29. The first-order valence-corrected chi connectivity index (χ1v) is 5.97. The molecule has 1 heterocycles. The summed E-state index contributed by atoms with van der Waals surface area (Å²) in [6.45, 7) is 1.42. The molecule has 0 saturated carbocycles. The first-order valence-electron chi connectivity index (χ1n) is 5.97. The van der Waals surface area contributed by atoms with Gasteiger partial charge in [-0.25, -0.2) is 20.2 Å². The molecule has 0 saturated heterocycles. The number of benzene rings is 1. The number of rotatable bonds is 3. The number of aromatic nitrogens is 2. The van der Waals surface area contributed by atoms with E-state index in [0.717, 1.165) is 12.1 Å². The highest BCUT2D eigenvalue weighted by Gasteiger charge is 2.30. The van der Waals surface area contributed by atoms with E-state index in [1.807, 2.05) is 0 Å². The molecule has 0 amide bonds. The van der Waals surface area contributed by atoms with E-state index in [9.17, 15) is 17.6 Å². The molecule has 21 heavy (non-hydrogen) atoms. The summed E-state index contributed by atoms with van der Waals surface area (Å²) in [7, 11) is 0. The standard InChI is InChI=1S/C13H12F4N4/c1-7-11(14)12(21-18)20-10(19-7)6-8-3-2-4-9(5-8)13(15,16)17/h2-5H,6,18H2,1H3,(H,19,20,21). The molecule has 0 radical (unpaired) electrons. The van der Waals surface area contributed by atoms with Crippen LogP contribution in [-0.2, 0) is 12.6 Å². The Morgan fingerprint density at radius 1 is 1.24 bits per heavy atom. The Labute approximate surface area is 118 Å². The molecule has 0 bridgehead atoms. The molecule has 2 rings (SSSR count). The van der Waals surface area contributed by atoms with Gasteiger partial charge in [-0.1, -0.05) is 18.2 Å². The van der Waals surface area contributed by atoms with E-state index in [1.54, 1.807) is 0 Å². The lowest BCUT2D eigenvalue weighted by Crippen LogP contribution is -2.14. The molecule has 2 aromatic rings. The van der Waals surface area contributed by atoms with Crippen LogP contribution in [-0.4, -0.2) is 9.97 Å². The van der Waals surface area contributed by atoms with Crippen molar-refractivity contribution >= 4 is 5.82 Å². The minimum absolute atomic E-state index is 0.0414. The number of hydrazine groups is 1. The first-order chi connectivity index (χ1) is 9.81. The van der Waals surface area contributed by atoms with E-state index in [2.05, 4.69) is 15.4 Å². The van der Waals surface area contributed by atoms with Crippen molar-refractivity contribution in [1.29, 1.82) is 0 Å². The number of hydrogen-bond acceptors (Lipinski definition) is 4. The van der Waals surface area contributed by atoms with Crippen LogP contribution in [0.25, 0.3) is 0 Å². The van der Waals surface area contributed by atoms with Crippen molar-refractivity contribution in [2.75, 3.05) is 5.43 Å². The lowest BCUT2D eigenvalue weighted by Gasteiger charge is -2.10. The maximum atomic E-state index is 13.5. The number of halogens is 4. The third-order valence-electron chi connectivity index (χ3n) is 2.82. The summed E-state index contributed by atoms with van der Waals surface area (Å²) in [5.41, 5.74) is 1.78. The van der Waals surface area contributed by atoms with Crippen molar-refractivity contribution in [3.63, 3.8) is 0 Å². The topological polar surface area (TPSA) is 63.8 Å². The molecule has 0 unspecified atom stereocenters. The molecule has 3 N–H and O–H groups in total. The Bertz CT molecular complexity index is 655. The van der Waals surface area contributed by atoms with E-state index in [-0.39, 0.29) is 23.8 Å². The molecule has 1 aromatic heterocycles. The quantitative estimate of drug-likeness (QED) is 0.520. The van der Waals surface area contributed by atoms with Crippen LogP contribution in [0, 0.1) is 12.7 Å². The van der Waals surface area contributed by atoms with Crippen LogP contribution in [0.15, 0.2) is 24.3 Å². The summed E-state index contributed by atoms with van der Waals surface area (Å²) in [4.78, 5) is 7.74. The van der Waals surface area contributed by atoms with Crippen LogP contribution < -0.4 is 11.3 Å². The van der Waals surface area contributed by atoms with Gasteiger partial charge in [0.2, 0.25) is 0 Å². The minimum Gasteiger partial charge on any atom is -0.306 e. The zero-order valence-electron chi connectivity index (χ0n) is 11.0. The second-order valence-electron chi connectivity index (χ2n) is 4.41. The lowest BCUT2D eigenvalue weighted by atomic mass is 10.1. The molecule has 8 heteroatoms. The number of nitrogen functional groups attached to an aromatic ring is 1. The van der Waals surface area contributed by atoms with Crippen LogP contribution in [0.3, 0.4) is 0 Å². The average molecular weight is 300 g/mol. The van der Waals surface area contributed by atoms with Crippen LogP contribution in [0.4, 0.5) is 23.4 Å². The molecule has 0 aliphatic rings. The van der Waals surface area contributed by atoms with Gasteiger partial charge in [0.1, 0.15) is 5.82 Å². The molecule has 0 atom stereocenters. The molecule has 0 aliphatic carbocycles. The molecular formula is C13H12F4N4. The Balaban J connectivity index is 2.32. The van der Waals surface area contributed by atoms with Crippen LogP contribution in [0.5, 0.6) is 0 Å². The number of aryl methyl sites for hydroxylation is 1. The van der Waals surface area contributed by atoms with Crippen LogP contribution in [0.1, 0.15) is 22.6 Å². The number of nitrogens with two attached hydrogens (primary N) is 1. The van der Waals surface area contributed by atoms with Gasteiger partial charge in [-0.15, -0.1) is 0 Å². The van der Waals surface area contributed by atoms with Crippen molar-refractivity contribution in [1.82, 2.24) is 9.97 Å². The van der Waals surface area contributed by atoms with E-state index in [1.165, 1.54) is 19.1 Å². The van der Waals surface area contributed by atoms with Gasteiger partial charge in [-0.05, 0) is 18.6 Å². The summed E-state index contributed by atoms with van der Waals surface area (Å²) >= 11 is 0. The zero-order chi connectivity index (χ0) is 15.6. The fourth-order valence-electron chi connectivity index (χ4n) is 1.83. The summed E-state index contributed by atoms with van der Waals surface area (Å²) in [6, 6.07) is 4.81. The Kier molecular flexibility index (Phi) is 4.08. The third-order valence-corrected chi connectivity index (χ3v) is 2.82. The summed E-state index contributed by atoms with van der Waals surface area (Å²) in [5, 5.41) is 0. The molecular weight excluding hydrogens is 288 g/mol. The SMILES string of the molecule is Cc1nc(Cc2cccc(C(F)(F)F)c2)nc(NN)c1F. The van der Waals surface area contributed by atoms with Gasteiger partial charge in [0, 0.05) is 6.42 Å². The van der Waals surface area contributed by atoms with E-state index >= 15 is 0 Å². The van der Waals surface area contributed by atoms with Crippen LogP contribution in [0.2, 0.25) is 0 Å². The Hall–Kier alpha value is -2.22. The van der Waals surface area contributed by atoms with Gasteiger partial charge in [0.15, 0.2) is 11.6 Å². The minimum atomic E-state index is -4.42. The number of hydrogen-bond donors (Lipinski definition) is 2.